The predicted octanol–water partition coefficient (Wildman–Crippen LogP) is 5.93. The molecule has 2 nitrogen and oxygen atoms in total. The first-order valence-corrected chi connectivity index (χ1v) is 10.4. The fourth-order valence-corrected chi connectivity index (χ4v) is 5.34. The molecule has 3 aromatic rings. The van der Waals surface area contributed by atoms with E-state index in [0.717, 1.165) is 24.4 Å². The molecular formula is C24H25ClN2. The van der Waals surface area contributed by atoms with E-state index in [0.29, 0.717) is 17.9 Å². The van der Waals surface area contributed by atoms with Crippen LogP contribution in [-0.2, 0) is 6.42 Å². The lowest BCUT2D eigenvalue weighted by Gasteiger charge is -2.36. The SMILES string of the molecule is CC1CC(C2CC(c3ccccc3Cl)=CCN2)Cc2c1[nH]c1ccccc21. The summed E-state index contributed by atoms with van der Waals surface area (Å²) in [5, 5.41) is 6.04. The number of aromatic amines is 1. The van der Waals surface area contributed by atoms with Crippen LogP contribution in [0.4, 0.5) is 0 Å². The summed E-state index contributed by atoms with van der Waals surface area (Å²) < 4.78 is 0. The maximum absolute atomic E-state index is 6.47. The second-order valence-corrected chi connectivity index (χ2v) is 8.50. The van der Waals surface area contributed by atoms with E-state index in [1.807, 2.05) is 12.1 Å². The number of benzene rings is 2. The van der Waals surface area contributed by atoms with Gasteiger partial charge in [0.25, 0.3) is 0 Å². The quantitative estimate of drug-likeness (QED) is 0.569. The van der Waals surface area contributed by atoms with Gasteiger partial charge in [-0.05, 0) is 59.9 Å². The number of rotatable bonds is 2. The highest BCUT2D eigenvalue weighted by Crippen LogP contribution is 2.41. The van der Waals surface area contributed by atoms with Crippen LogP contribution in [0.5, 0.6) is 0 Å². The van der Waals surface area contributed by atoms with Gasteiger partial charge < -0.3 is 10.3 Å². The number of H-pyrrole nitrogens is 1. The third-order valence-corrected chi connectivity index (χ3v) is 6.75. The molecular weight excluding hydrogens is 352 g/mol. The summed E-state index contributed by atoms with van der Waals surface area (Å²) in [5.74, 6) is 1.22. The van der Waals surface area contributed by atoms with E-state index in [1.165, 1.54) is 39.7 Å². The van der Waals surface area contributed by atoms with E-state index >= 15 is 0 Å². The number of hydrogen-bond donors (Lipinski definition) is 2. The molecule has 0 radical (unpaired) electrons. The Bertz CT molecular complexity index is 1020. The van der Waals surface area contributed by atoms with E-state index in [4.69, 9.17) is 11.6 Å². The second-order valence-electron chi connectivity index (χ2n) is 8.09. The molecule has 2 aliphatic rings. The molecule has 0 fully saturated rings. The average Bonchev–Trinajstić information content (AvgIpc) is 3.08. The smallest absolute Gasteiger partial charge is 0.0481 e. The number of halogens is 1. The van der Waals surface area contributed by atoms with Crippen molar-refractivity contribution in [2.24, 2.45) is 5.92 Å². The molecule has 138 valence electrons. The van der Waals surface area contributed by atoms with Crippen molar-refractivity contribution in [2.75, 3.05) is 6.54 Å². The maximum Gasteiger partial charge on any atom is 0.0481 e. The lowest BCUT2D eigenvalue weighted by molar-refractivity contribution is 0.306. The first-order valence-electron chi connectivity index (χ1n) is 9.97. The molecule has 3 atom stereocenters. The number of fused-ring (bicyclic) bond motifs is 3. The highest BCUT2D eigenvalue weighted by atomic mass is 35.5. The van der Waals surface area contributed by atoms with Gasteiger partial charge in [-0.15, -0.1) is 0 Å². The minimum absolute atomic E-state index is 0.505. The number of nitrogens with one attached hydrogen (secondary N) is 2. The molecule has 2 aromatic carbocycles. The third-order valence-electron chi connectivity index (χ3n) is 6.42. The van der Waals surface area contributed by atoms with E-state index in [9.17, 15) is 0 Å². The monoisotopic (exact) mass is 376 g/mol. The third kappa shape index (κ3) is 3.01. The van der Waals surface area contributed by atoms with Crippen LogP contribution in [0.1, 0.15) is 42.5 Å². The zero-order chi connectivity index (χ0) is 18.4. The van der Waals surface area contributed by atoms with Crippen LogP contribution in [0.2, 0.25) is 5.02 Å². The zero-order valence-corrected chi connectivity index (χ0v) is 16.4. The van der Waals surface area contributed by atoms with Crippen LogP contribution < -0.4 is 5.32 Å². The minimum Gasteiger partial charge on any atom is -0.358 e. The Morgan fingerprint density at radius 2 is 1.81 bits per heavy atom. The minimum atomic E-state index is 0.505. The average molecular weight is 377 g/mol. The Labute approximate surface area is 165 Å². The molecule has 3 heteroatoms. The van der Waals surface area contributed by atoms with Gasteiger partial charge in [0.05, 0.1) is 0 Å². The highest BCUT2D eigenvalue weighted by Gasteiger charge is 2.33. The van der Waals surface area contributed by atoms with Crippen molar-refractivity contribution in [1.82, 2.24) is 10.3 Å². The summed E-state index contributed by atoms with van der Waals surface area (Å²) in [4.78, 5) is 3.68. The van der Waals surface area contributed by atoms with Crippen LogP contribution in [0.25, 0.3) is 16.5 Å². The van der Waals surface area contributed by atoms with Gasteiger partial charge in [-0.3, -0.25) is 0 Å². The van der Waals surface area contributed by atoms with Gasteiger partial charge in [0.2, 0.25) is 0 Å². The van der Waals surface area contributed by atoms with Gasteiger partial charge in [-0.25, -0.2) is 0 Å². The topological polar surface area (TPSA) is 27.8 Å². The number of para-hydroxylation sites is 1. The predicted molar refractivity (Wildman–Crippen MR) is 114 cm³/mol. The summed E-state index contributed by atoms with van der Waals surface area (Å²) >= 11 is 6.47. The van der Waals surface area contributed by atoms with Crippen molar-refractivity contribution < 1.29 is 0 Å². The van der Waals surface area contributed by atoms with Crippen molar-refractivity contribution >= 4 is 28.1 Å². The second kappa shape index (κ2) is 6.85. The molecule has 0 saturated heterocycles. The van der Waals surface area contributed by atoms with Gasteiger partial charge in [0.1, 0.15) is 0 Å². The Morgan fingerprint density at radius 1 is 1.00 bits per heavy atom. The van der Waals surface area contributed by atoms with Gasteiger partial charge in [-0.2, -0.15) is 0 Å². The van der Waals surface area contributed by atoms with Gasteiger partial charge >= 0.3 is 0 Å². The first kappa shape index (κ1) is 17.1. The molecule has 1 aromatic heterocycles. The van der Waals surface area contributed by atoms with E-state index < -0.39 is 0 Å². The number of aromatic nitrogens is 1. The summed E-state index contributed by atoms with van der Waals surface area (Å²) in [5.41, 5.74) is 6.85. The van der Waals surface area contributed by atoms with Crippen LogP contribution in [0.15, 0.2) is 54.6 Å². The van der Waals surface area contributed by atoms with Crippen LogP contribution in [-0.4, -0.2) is 17.6 Å². The summed E-state index contributed by atoms with van der Waals surface area (Å²) in [6.45, 7) is 3.30. The number of hydrogen-bond acceptors (Lipinski definition) is 1. The zero-order valence-electron chi connectivity index (χ0n) is 15.6. The van der Waals surface area contributed by atoms with Gasteiger partial charge in [0.15, 0.2) is 0 Å². The molecule has 0 saturated carbocycles. The fourth-order valence-electron chi connectivity index (χ4n) is 5.09. The lowest BCUT2D eigenvalue weighted by atomic mass is 9.74. The van der Waals surface area contributed by atoms with Crippen molar-refractivity contribution in [2.45, 2.75) is 38.1 Å². The fraction of sp³-hybridized carbons (Fsp3) is 0.333. The molecule has 1 aliphatic carbocycles. The Kier molecular flexibility index (Phi) is 4.34. The Balaban J connectivity index is 1.43. The van der Waals surface area contributed by atoms with Gasteiger partial charge in [0, 0.05) is 34.2 Å². The van der Waals surface area contributed by atoms with Crippen molar-refractivity contribution in [3.05, 3.63) is 76.5 Å². The lowest BCUT2D eigenvalue weighted by Crippen LogP contribution is -2.41. The molecule has 3 unspecified atom stereocenters. The van der Waals surface area contributed by atoms with Crippen LogP contribution in [0, 0.1) is 5.92 Å². The summed E-state index contributed by atoms with van der Waals surface area (Å²) in [7, 11) is 0. The molecule has 1 aliphatic heterocycles. The molecule has 2 N–H and O–H groups in total. The highest BCUT2D eigenvalue weighted by molar-refractivity contribution is 6.32. The van der Waals surface area contributed by atoms with E-state index in [2.05, 4.69) is 59.7 Å². The van der Waals surface area contributed by atoms with Crippen LogP contribution in [0.3, 0.4) is 0 Å². The summed E-state index contributed by atoms with van der Waals surface area (Å²) in [6.07, 6.45) is 5.74. The molecule has 27 heavy (non-hydrogen) atoms. The standard InChI is InChI=1S/C24H25ClN2/c1-15-12-17(13-20-19-7-3-5-9-22(19)27-24(15)20)23-14-16(10-11-26-23)18-6-2-4-8-21(18)25/h2-10,15,17,23,26-27H,11-14H2,1H3. The first-order chi connectivity index (χ1) is 13.2. The largest absolute Gasteiger partial charge is 0.358 e. The molecule has 0 amide bonds. The van der Waals surface area contributed by atoms with Crippen LogP contribution >= 0.6 is 11.6 Å². The maximum atomic E-state index is 6.47. The molecule has 0 spiro atoms. The Hall–Kier alpha value is -2.03. The van der Waals surface area contributed by atoms with E-state index in [-0.39, 0.29) is 0 Å². The molecule has 0 bridgehead atoms. The van der Waals surface area contributed by atoms with Crippen molar-refractivity contribution in [3.8, 4) is 0 Å². The summed E-state index contributed by atoms with van der Waals surface area (Å²) in [6, 6.07) is 17.5. The molecule has 5 rings (SSSR count). The van der Waals surface area contributed by atoms with Gasteiger partial charge in [-0.1, -0.05) is 61.0 Å². The van der Waals surface area contributed by atoms with E-state index in [1.54, 1.807) is 0 Å². The van der Waals surface area contributed by atoms with Crippen molar-refractivity contribution in [1.29, 1.82) is 0 Å². The van der Waals surface area contributed by atoms with Crippen molar-refractivity contribution in [3.63, 3.8) is 0 Å². The molecule has 2 heterocycles. The Morgan fingerprint density at radius 3 is 2.70 bits per heavy atom. The normalized spacial score (nSPS) is 25.3.